The average molecular weight is 354 g/mol. The summed E-state index contributed by atoms with van der Waals surface area (Å²) in [5, 5.41) is 6.68. The van der Waals surface area contributed by atoms with Gasteiger partial charge in [0.25, 0.3) is 11.8 Å². The summed E-state index contributed by atoms with van der Waals surface area (Å²) in [6.07, 6.45) is 0.839. The molecule has 0 aliphatic carbocycles. The summed E-state index contributed by atoms with van der Waals surface area (Å²) in [6, 6.07) is 13.1. The van der Waals surface area contributed by atoms with E-state index in [9.17, 15) is 9.59 Å². The van der Waals surface area contributed by atoms with Crippen LogP contribution in [0.15, 0.2) is 53.2 Å². The predicted octanol–water partition coefficient (Wildman–Crippen LogP) is 4.26. The fraction of sp³-hybridized carbons (Fsp3) is 0.111. The maximum Gasteiger partial charge on any atom is 0.268 e. The summed E-state index contributed by atoms with van der Waals surface area (Å²) in [5.41, 5.74) is 2.73. The molecule has 0 saturated carbocycles. The van der Waals surface area contributed by atoms with Crippen LogP contribution in [0.1, 0.15) is 24.9 Å². The van der Waals surface area contributed by atoms with E-state index >= 15 is 0 Å². The number of rotatable bonds is 3. The van der Waals surface area contributed by atoms with Crippen LogP contribution in [-0.2, 0) is 6.42 Å². The first-order valence-electron chi connectivity index (χ1n) is 7.55. The van der Waals surface area contributed by atoms with Crippen LogP contribution in [0, 0.1) is 0 Å². The van der Waals surface area contributed by atoms with Crippen LogP contribution in [0.2, 0.25) is 0 Å². The molecular weight excluding hydrogens is 340 g/mol. The summed E-state index contributed by atoms with van der Waals surface area (Å²) >= 11 is 2.85. The second kappa shape index (κ2) is 6.22. The second-order valence-corrected chi connectivity index (χ2v) is 7.35. The third-order valence-corrected chi connectivity index (χ3v) is 5.69. The molecule has 0 atom stereocenters. The van der Waals surface area contributed by atoms with Crippen molar-refractivity contribution in [3.05, 3.63) is 68.5 Å². The molecule has 0 bridgehead atoms. The van der Waals surface area contributed by atoms with Crippen molar-refractivity contribution in [2.24, 2.45) is 0 Å². The molecule has 6 heteroatoms. The lowest BCUT2D eigenvalue weighted by atomic mass is 10.1. The molecule has 2 amide bonds. The smallest absolute Gasteiger partial charge is 0.268 e. The van der Waals surface area contributed by atoms with E-state index in [4.69, 9.17) is 0 Å². The molecular formula is C18H14N2O2S2. The molecule has 0 radical (unpaired) electrons. The van der Waals surface area contributed by atoms with Crippen LogP contribution in [0.25, 0.3) is 0 Å². The average Bonchev–Trinajstić information content (AvgIpc) is 3.33. The largest absolute Gasteiger partial charge is 0.321 e. The van der Waals surface area contributed by atoms with Crippen molar-refractivity contribution in [1.82, 2.24) is 0 Å². The Morgan fingerprint density at radius 2 is 1.75 bits per heavy atom. The highest BCUT2D eigenvalue weighted by molar-refractivity contribution is 7.12. The van der Waals surface area contributed by atoms with Crippen molar-refractivity contribution in [3.8, 4) is 0 Å². The van der Waals surface area contributed by atoms with Crippen molar-refractivity contribution >= 4 is 45.9 Å². The Balaban J connectivity index is 1.59. The van der Waals surface area contributed by atoms with Crippen LogP contribution in [0.3, 0.4) is 0 Å². The van der Waals surface area contributed by atoms with Crippen molar-refractivity contribution in [3.63, 3.8) is 0 Å². The van der Waals surface area contributed by atoms with Crippen LogP contribution in [0.4, 0.5) is 11.4 Å². The zero-order valence-corrected chi connectivity index (χ0v) is 14.3. The first-order valence-corrected chi connectivity index (χ1v) is 9.31. The highest BCUT2D eigenvalue weighted by Crippen LogP contribution is 2.32. The van der Waals surface area contributed by atoms with E-state index in [-0.39, 0.29) is 11.8 Å². The Morgan fingerprint density at radius 1 is 1.00 bits per heavy atom. The molecule has 1 aromatic carbocycles. The van der Waals surface area contributed by atoms with Crippen LogP contribution >= 0.6 is 22.7 Å². The van der Waals surface area contributed by atoms with Gasteiger partial charge in [0.05, 0.1) is 9.75 Å². The molecule has 120 valence electrons. The van der Waals surface area contributed by atoms with Crippen molar-refractivity contribution < 1.29 is 9.59 Å². The SMILES string of the molecule is O=C(Nc1ccc2c(c1)N(C(=O)c1cccs1)CC2)c1cccs1. The number of thiophene rings is 2. The Hall–Kier alpha value is -2.44. The van der Waals surface area contributed by atoms with Crippen LogP contribution < -0.4 is 10.2 Å². The summed E-state index contributed by atoms with van der Waals surface area (Å²) in [5.74, 6) is -0.107. The van der Waals surface area contributed by atoms with Gasteiger partial charge in [-0.25, -0.2) is 0 Å². The van der Waals surface area contributed by atoms with E-state index in [2.05, 4.69) is 5.32 Å². The molecule has 2 aromatic heterocycles. The molecule has 0 unspecified atom stereocenters. The van der Waals surface area contributed by atoms with Crippen LogP contribution in [0.5, 0.6) is 0 Å². The Morgan fingerprint density at radius 3 is 2.46 bits per heavy atom. The minimum atomic E-state index is -0.126. The van der Waals surface area contributed by atoms with E-state index in [1.165, 1.54) is 22.7 Å². The summed E-state index contributed by atoms with van der Waals surface area (Å²) in [6.45, 7) is 0.675. The molecule has 0 fully saturated rings. The van der Waals surface area contributed by atoms with Gasteiger partial charge < -0.3 is 10.2 Å². The fourth-order valence-electron chi connectivity index (χ4n) is 2.80. The Kier molecular flexibility index (Phi) is 3.92. The lowest BCUT2D eigenvalue weighted by Gasteiger charge is -2.17. The number of carbonyl (C=O) groups is 2. The van der Waals surface area contributed by atoms with Gasteiger partial charge in [-0.2, -0.15) is 0 Å². The lowest BCUT2D eigenvalue weighted by molar-refractivity contribution is 0.0992. The second-order valence-electron chi connectivity index (χ2n) is 5.46. The molecule has 1 N–H and O–H groups in total. The molecule has 3 aromatic rings. The van der Waals surface area contributed by atoms with Gasteiger partial charge >= 0.3 is 0 Å². The Labute approximate surface area is 147 Å². The number of amides is 2. The molecule has 0 spiro atoms. The first-order chi connectivity index (χ1) is 11.7. The molecule has 1 aliphatic heterocycles. The van der Waals surface area contributed by atoms with Gasteiger partial charge in [0, 0.05) is 17.9 Å². The summed E-state index contributed by atoms with van der Waals surface area (Å²) < 4.78 is 0. The van der Waals surface area contributed by atoms with Crippen LogP contribution in [-0.4, -0.2) is 18.4 Å². The fourth-order valence-corrected chi connectivity index (χ4v) is 4.09. The maximum absolute atomic E-state index is 12.6. The normalized spacial score (nSPS) is 12.9. The minimum Gasteiger partial charge on any atom is -0.321 e. The summed E-state index contributed by atoms with van der Waals surface area (Å²) in [4.78, 5) is 28.0. The number of nitrogens with one attached hydrogen (secondary N) is 1. The number of fused-ring (bicyclic) bond motifs is 1. The predicted molar refractivity (Wildman–Crippen MR) is 98.4 cm³/mol. The van der Waals surface area contributed by atoms with Gasteiger partial charge in [0.15, 0.2) is 0 Å². The molecule has 0 saturated heterocycles. The standard InChI is InChI=1S/C18H14N2O2S2/c21-17(15-3-1-9-23-15)19-13-6-5-12-7-8-20(14(12)11-13)18(22)16-4-2-10-24-16/h1-6,9-11H,7-8H2,(H,19,21). The van der Waals surface area contributed by atoms with E-state index in [1.54, 1.807) is 11.0 Å². The molecule has 3 heterocycles. The minimum absolute atomic E-state index is 0.0190. The number of carbonyl (C=O) groups excluding carboxylic acids is 2. The third-order valence-electron chi connectivity index (χ3n) is 3.96. The highest BCUT2D eigenvalue weighted by Gasteiger charge is 2.26. The molecule has 24 heavy (non-hydrogen) atoms. The van der Waals surface area contributed by atoms with Crippen molar-refractivity contribution in [2.45, 2.75) is 6.42 Å². The van der Waals surface area contributed by atoms with Gasteiger partial charge in [-0.1, -0.05) is 18.2 Å². The van der Waals surface area contributed by atoms with Gasteiger partial charge in [0.1, 0.15) is 0 Å². The quantitative estimate of drug-likeness (QED) is 0.764. The van der Waals surface area contributed by atoms with Gasteiger partial charge in [-0.05, 0) is 47.0 Å². The number of hydrogen-bond donors (Lipinski definition) is 1. The summed E-state index contributed by atoms with van der Waals surface area (Å²) in [7, 11) is 0. The highest BCUT2D eigenvalue weighted by atomic mass is 32.1. The van der Waals surface area contributed by atoms with E-state index < -0.39 is 0 Å². The van der Waals surface area contributed by atoms with Gasteiger partial charge in [-0.3, -0.25) is 9.59 Å². The van der Waals surface area contributed by atoms with Crippen molar-refractivity contribution in [2.75, 3.05) is 16.8 Å². The number of hydrogen-bond acceptors (Lipinski definition) is 4. The van der Waals surface area contributed by atoms with E-state index in [1.807, 2.05) is 47.2 Å². The van der Waals surface area contributed by atoms with E-state index in [0.717, 1.165) is 22.5 Å². The molecule has 4 nitrogen and oxygen atoms in total. The maximum atomic E-state index is 12.6. The van der Waals surface area contributed by atoms with Gasteiger partial charge in [0.2, 0.25) is 0 Å². The number of benzene rings is 1. The first kappa shape index (κ1) is 15.1. The number of anilines is 2. The Bertz CT molecular complexity index is 886. The van der Waals surface area contributed by atoms with Gasteiger partial charge in [-0.15, -0.1) is 22.7 Å². The topological polar surface area (TPSA) is 49.4 Å². The zero-order chi connectivity index (χ0) is 16.5. The lowest BCUT2D eigenvalue weighted by Crippen LogP contribution is -2.28. The molecule has 1 aliphatic rings. The monoisotopic (exact) mass is 354 g/mol. The zero-order valence-electron chi connectivity index (χ0n) is 12.7. The number of nitrogens with zero attached hydrogens (tertiary/aromatic N) is 1. The van der Waals surface area contributed by atoms with Crippen molar-refractivity contribution in [1.29, 1.82) is 0 Å². The third kappa shape index (κ3) is 2.74. The molecule has 4 rings (SSSR count). The van der Waals surface area contributed by atoms with E-state index in [0.29, 0.717) is 17.1 Å².